The molecule has 1 aliphatic carbocycles. The average molecular weight is 364 g/mol. The smallest absolute Gasteiger partial charge is 0.123 e. The van der Waals surface area contributed by atoms with E-state index in [1.807, 2.05) is 18.3 Å². The molecule has 5 heteroatoms. The molecule has 2 aromatic rings. The largest absolute Gasteiger partial charge is 0.329 e. The van der Waals surface area contributed by atoms with Crippen LogP contribution in [0, 0.1) is 11.7 Å². The summed E-state index contributed by atoms with van der Waals surface area (Å²) in [6, 6.07) is 6.77. The molecule has 0 bridgehead atoms. The lowest BCUT2D eigenvalue weighted by Gasteiger charge is -2.33. The Morgan fingerprint density at radius 3 is 2.56 bits per heavy atom. The number of halogens is 2. The van der Waals surface area contributed by atoms with E-state index in [0.29, 0.717) is 0 Å². The molecule has 25 heavy (non-hydrogen) atoms. The van der Waals surface area contributed by atoms with Crippen molar-refractivity contribution in [2.75, 3.05) is 13.1 Å². The number of imidazole rings is 1. The molecule has 1 fully saturated rings. The van der Waals surface area contributed by atoms with Crippen molar-refractivity contribution >= 4 is 12.4 Å². The van der Waals surface area contributed by atoms with Crippen molar-refractivity contribution in [3.8, 4) is 0 Å². The molecule has 1 aromatic heterocycles. The van der Waals surface area contributed by atoms with Crippen LogP contribution in [0.1, 0.15) is 49.2 Å². The Balaban J connectivity index is 0.00000182. The van der Waals surface area contributed by atoms with Crippen LogP contribution in [0.4, 0.5) is 4.39 Å². The summed E-state index contributed by atoms with van der Waals surface area (Å²) in [6.45, 7) is 4.42. The number of fused-ring (bicyclic) bond motifs is 1. The van der Waals surface area contributed by atoms with Gasteiger partial charge in [-0.1, -0.05) is 31.4 Å². The Morgan fingerprint density at radius 2 is 1.80 bits per heavy atom. The molecule has 0 amide bonds. The van der Waals surface area contributed by atoms with Gasteiger partial charge in [0.05, 0.1) is 5.69 Å². The fraction of sp³-hybridized carbons (Fsp3) is 0.550. The minimum absolute atomic E-state index is 0. The van der Waals surface area contributed by atoms with Gasteiger partial charge in [0.25, 0.3) is 0 Å². The van der Waals surface area contributed by atoms with Crippen molar-refractivity contribution in [1.29, 1.82) is 0 Å². The summed E-state index contributed by atoms with van der Waals surface area (Å²) < 4.78 is 15.4. The predicted octanol–water partition coefficient (Wildman–Crippen LogP) is 4.43. The van der Waals surface area contributed by atoms with Crippen LogP contribution in [0.2, 0.25) is 0 Å². The van der Waals surface area contributed by atoms with Gasteiger partial charge in [0, 0.05) is 38.8 Å². The number of hydrogen-bond donors (Lipinski definition) is 0. The predicted molar refractivity (Wildman–Crippen MR) is 101 cm³/mol. The van der Waals surface area contributed by atoms with Crippen molar-refractivity contribution < 1.29 is 4.39 Å². The van der Waals surface area contributed by atoms with E-state index >= 15 is 0 Å². The lowest BCUT2D eigenvalue weighted by atomic mass is 9.89. The Kier molecular flexibility index (Phi) is 6.13. The summed E-state index contributed by atoms with van der Waals surface area (Å²) in [7, 11) is 0. The third kappa shape index (κ3) is 4.42. The summed E-state index contributed by atoms with van der Waals surface area (Å²) in [5.41, 5.74) is 2.45. The van der Waals surface area contributed by atoms with Crippen LogP contribution >= 0.6 is 12.4 Å². The third-order valence-corrected chi connectivity index (χ3v) is 5.56. The molecule has 0 saturated heterocycles. The van der Waals surface area contributed by atoms with E-state index in [1.54, 1.807) is 0 Å². The highest BCUT2D eigenvalue weighted by Crippen LogP contribution is 2.26. The molecule has 0 radical (unpaired) electrons. The van der Waals surface area contributed by atoms with Gasteiger partial charge < -0.3 is 4.57 Å². The van der Waals surface area contributed by atoms with E-state index in [2.05, 4.69) is 14.5 Å². The summed E-state index contributed by atoms with van der Waals surface area (Å²) >= 11 is 0. The Morgan fingerprint density at radius 1 is 1.04 bits per heavy atom. The van der Waals surface area contributed by atoms with Crippen LogP contribution in [-0.4, -0.2) is 27.5 Å². The van der Waals surface area contributed by atoms with Gasteiger partial charge in [0.15, 0.2) is 0 Å². The number of rotatable bonds is 4. The lowest BCUT2D eigenvalue weighted by molar-refractivity contribution is 0.166. The van der Waals surface area contributed by atoms with Gasteiger partial charge in [-0.25, -0.2) is 9.37 Å². The fourth-order valence-electron chi connectivity index (χ4n) is 4.22. The van der Waals surface area contributed by atoms with Crippen molar-refractivity contribution in [2.24, 2.45) is 5.92 Å². The molecular formula is C20H27ClFN3. The van der Waals surface area contributed by atoms with Crippen molar-refractivity contribution in [3.05, 3.63) is 53.4 Å². The maximum atomic E-state index is 13.0. The van der Waals surface area contributed by atoms with E-state index in [0.717, 1.165) is 43.4 Å². The molecule has 136 valence electrons. The van der Waals surface area contributed by atoms with E-state index in [4.69, 9.17) is 0 Å². The molecule has 4 rings (SSSR count). The van der Waals surface area contributed by atoms with Gasteiger partial charge in [-0.15, -0.1) is 12.4 Å². The average Bonchev–Trinajstić information content (AvgIpc) is 3.00. The van der Waals surface area contributed by atoms with E-state index in [9.17, 15) is 4.39 Å². The zero-order valence-electron chi connectivity index (χ0n) is 14.7. The quantitative estimate of drug-likeness (QED) is 0.801. The molecule has 0 spiro atoms. The topological polar surface area (TPSA) is 21.1 Å². The van der Waals surface area contributed by atoms with Crippen molar-refractivity contribution in [1.82, 2.24) is 14.5 Å². The first-order chi connectivity index (χ1) is 11.8. The molecule has 1 saturated carbocycles. The first-order valence-electron chi connectivity index (χ1n) is 9.28. The Bertz CT molecular complexity index is 677. The lowest BCUT2D eigenvalue weighted by Crippen LogP contribution is -2.37. The Hall–Kier alpha value is -1.39. The molecule has 0 atom stereocenters. The Labute approximate surface area is 155 Å². The molecule has 0 N–H and O–H groups in total. The summed E-state index contributed by atoms with van der Waals surface area (Å²) in [5.74, 6) is 1.82. The maximum Gasteiger partial charge on any atom is 0.123 e. The normalized spacial score (nSPS) is 18.6. The number of nitrogens with zero attached hydrogens (tertiary/aromatic N) is 3. The van der Waals surface area contributed by atoms with Crippen LogP contribution in [0.25, 0.3) is 0 Å². The minimum atomic E-state index is -0.178. The van der Waals surface area contributed by atoms with Crippen LogP contribution in [0.5, 0.6) is 0 Å². The molecule has 3 nitrogen and oxygen atoms in total. The molecule has 0 unspecified atom stereocenters. The van der Waals surface area contributed by atoms with Crippen LogP contribution in [-0.2, 0) is 19.5 Å². The second-order valence-electron chi connectivity index (χ2n) is 7.36. The molecule has 2 aliphatic rings. The molecule has 2 heterocycles. The number of aromatic nitrogens is 2. The number of benzene rings is 1. The molecule has 1 aromatic carbocycles. The second kappa shape index (κ2) is 8.33. The minimum Gasteiger partial charge on any atom is -0.329 e. The molecular weight excluding hydrogens is 337 g/mol. The highest BCUT2D eigenvalue weighted by molar-refractivity contribution is 5.85. The SMILES string of the molecule is Cl.Fc1ccc(Cc2ncc3n2CCN(CC2CCCCC2)C3)cc1. The van der Waals surface area contributed by atoms with Crippen LogP contribution < -0.4 is 0 Å². The van der Waals surface area contributed by atoms with Crippen LogP contribution in [0.15, 0.2) is 30.5 Å². The van der Waals surface area contributed by atoms with Gasteiger partial charge in [-0.3, -0.25) is 4.90 Å². The fourth-order valence-corrected chi connectivity index (χ4v) is 4.22. The highest BCUT2D eigenvalue weighted by atomic mass is 35.5. The third-order valence-electron chi connectivity index (χ3n) is 5.56. The van der Waals surface area contributed by atoms with E-state index in [-0.39, 0.29) is 18.2 Å². The highest BCUT2D eigenvalue weighted by Gasteiger charge is 2.23. The van der Waals surface area contributed by atoms with Crippen LogP contribution in [0.3, 0.4) is 0 Å². The van der Waals surface area contributed by atoms with E-state index in [1.165, 1.54) is 56.5 Å². The first kappa shape index (κ1) is 18.4. The van der Waals surface area contributed by atoms with Crippen molar-refractivity contribution in [2.45, 2.75) is 51.6 Å². The number of hydrogen-bond acceptors (Lipinski definition) is 2. The summed E-state index contributed by atoms with van der Waals surface area (Å²) in [6.07, 6.45) is 9.89. The van der Waals surface area contributed by atoms with Gasteiger partial charge in [0.2, 0.25) is 0 Å². The summed E-state index contributed by atoms with van der Waals surface area (Å²) in [4.78, 5) is 7.25. The monoisotopic (exact) mass is 363 g/mol. The summed E-state index contributed by atoms with van der Waals surface area (Å²) in [5, 5.41) is 0. The second-order valence-corrected chi connectivity index (χ2v) is 7.36. The maximum absolute atomic E-state index is 13.0. The van der Waals surface area contributed by atoms with Gasteiger partial charge >= 0.3 is 0 Å². The standard InChI is InChI=1S/C20H26FN3.ClH/c21-18-8-6-16(7-9-18)12-20-22-13-19-15-23(10-11-24(19)20)14-17-4-2-1-3-5-17;/h6-9,13,17H,1-5,10-12,14-15H2;1H. The van der Waals surface area contributed by atoms with Crippen molar-refractivity contribution in [3.63, 3.8) is 0 Å². The van der Waals surface area contributed by atoms with Gasteiger partial charge in [-0.2, -0.15) is 0 Å². The van der Waals surface area contributed by atoms with Gasteiger partial charge in [-0.05, 0) is 36.5 Å². The van der Waals surface area contributed by atoms with Gasteiger partial charge in [0.1, 0.15) is 11.6 Å². The zero-order valence-corrected chi connectivity index (χ0v) is 15.5. The first-order valence-corrected chi connectivity index (χ1v) is 9.28. The molecule has 1 aliphatic heterocycles. The van der Waals surface area contributed by atoms with E-state index < -0.39 is 0 Å². The zero-order chi connectivity index (χ0) is 16.4.